The summed E-state index contributed by atoms with van der Waals surface area (Å²) in [6.07, 6.45) is 4.73. The first-order chi connectivity index (χ1) is 5.14. The van der Waals surface area contributed by atoms with Crippen LogP contribution in [0.15, 0.2) is 16.8 Å². The van der Waals surface area contributed by atoms with Crippen molar-refractivity contribution in [2.75, 3.05) is 27.2 Å². The van der Waals surface area contributed by atoms with Gasteiger partial charge in [-0.15, -0.1) is 0 Å². The Morgan fingerprint density at radius 3 is 2.75 bits per heavy atom. The molecule has 0 aromatic rings. The van der Waals surface area contributed by atoms with E-state index < -0.39 is 0 Å². The van der Waals surface area contributed by atoms with Crippen molar-refractivity contribution >= 4 is 6.21 Å². The summed E-state index contributed by atoms with van der Waals surface area (Å²) in [7, 11) is 4.36. The Morgan fingerprint density at radius 2 is 2.25 bits per heavy atom. The zero-order valence-electron chi connectivity index (χ0n) is 7.50. The molecule has 12 heavy (non-hydrogen) atoms. The van der Waals surface area contributed by atoms with Gasteiger partial charge in [0.15, 0.2) is 0 Å². The maximum Gasteiger partial charge on any atom is 0.105 e. The van der Waals surface area contributed by atoms with Crippen molar-refractivity contribution in [3.8, 4) is 0 Å². The summed E-state index contributed by atoms with van der Waals surface area (Å²) in [5.74, 6) is 0. The predicted molar refractivity (Wildman–Crippen MR) is 44.8 cm³/mol. The Morgan fingerprint density at radius 1 is 1.58 bits per heavy atom. The number of quaternary nitrogens is 1. The molecule has 0 bridgehead atoms. The van der Waals surface area contributed by atoms with Crippen molar-refractivity contribution in [3.05, 3.63) is 11.6 Å². The number of likely N-dealkylation sites (N-methyl/N-ethyl adjacent to an activating group) is 1. The molecule has 0 saturated heterocycles. The van der Waals surface area contributed by atoms with Crippen LogP contribution in [0.5, 0.6) is 0 Å². The smallest absolute Gasteiger partial charge is 0.105 e. The van der Waals surface area contributed by atoms with Crippen molar-refractivity contribution < 1.29 is 33.7 Å². The lowest BCUT2D eigenvalue weighted by Crippen LogP contribution is -3.00. The van der Waals surface area contributed by atoms with Gasteiger partial charge in [-0.05, 0) is 0 Å². The number of nitrogens with zero attached hydrogens (tertiary/aromatic N) is 2. The zero-order valence-corrected chi connectivity index (χ0v) is 9.65. The third-order valence-corrected chi connectivity index (χ3v) is 1.98. The Kier molecular flexibility index (Phi) is 4.77. The van der Waals surface area contributed by atoms with Crippen LogP contribution >= 0.6 is 0 Å². The van der Waals surface area contributed by atoms with Gasteiger partial charge in [0.25, 0.3) is 0 Å². The van der Waals surface area contributed by atoms with Crippen LogP contribution in [-0.2, 0) is 0 Å². The third kappa shape index (κ3) is 3.53. The monoisotopic (exact) mass is 282 g/mol. The molecule has 3 nitrogen and oxygen atoms in total. The maximum atomic E-state index is 8.31. The highest BCUT2D eigenvalue weighted by atomic mass is 127. The van der Waals surface area contributed by atoms with Gasteiger partial charge in [0, 0.05) is 12.0 Å². The molecular weight excluding hydrogens is 267 g/mol. The summed E-state index contributed by atoms with van der Waals surface area (Å²) in [5.41, 5.74) is 1.13. The molecule has 0 saturated carbocycles. The zero-order chi connectivity index (χ0) is 8.32. The van der Waals surface area contributed by atoms with Gasteiger partial charge in [0.1, 0.15) is 6.54 Å². The van der Waals surface area contributed by atoms with Crippen LogP contribution in [0, 0.1) is 0 Å². The van der Waals surface area contributed by atoms with Gasteiger partial charge in [-0.1, -0.05) is 11.2 Å². The fourth-order valence-electron chi connectivity index (χ4n) is 1.40. The number of rotatable bonds is 1. The van der Waals surface area contributed by atoms with Gasteiger partial charge >= 0.3 is 0 Å². The van der Waals surface area contributed by atoms with Crippen LogP contribution in [-0.4, -0.2) is 43.1 Å². The minimum atomic E-state index is 0. The molecule has 0 atom stereocenters. The van der Waals surface area contributed by atoms with Crippen molar-refractivity contribution in [2.45, 2.75) is 6.42 Å². The summed E-state index contributed by atoms with van der Waals surface area (Å²) >= 11 is 0. The quantitative estimate of drug-likeness (QED) is 0.192. The first-order valence-corrected chi connectivity index (χ1v) is 3.82. The molecule has 1 aliphatic rings. The third-order valence-electron chi connectivity index (χ3n) is 1.98. The molecule has 70 valence electrons. The van der Waals surface area contributed by atoms with E-state index in [-0.39, 0.29) is 24.0 Å². The molecule has 4 heteroatoms. The Labute approximate surface area is 90.4 Å². The first kappa shape index (κ1) is 11.9. The van der Waals surface area contributed by atoms with Gasteiger partial charge in [0.2, 0.25) is 0 Å². The fraction of sp³-hybridized carbons (Fsp3) is 0.625. The van der Waals surface area contributed by atoms with E-state index in [0.717, 1.165) is 23.0 Å². The standard InChI is InChI=1S/C8H14N2O.HI/c1-10(2)5-3-4-8(7-10)6-9-11;/h4,6H,3,5,7H2,1-2H3;1H. The van der Waals surface area contributed by atoms with E-state index in [1.807, 2.05) is 0 Å². The highest BCUT2D eigenvalue weighted by molar-refractivity contribution is 5.78. The molecule has 0 spiro atoms. The van der Waals surface area contributed by atoms with Crippen LogP contribution in [0.2, 0.25) is 0 Å². The number of hydrogen-bond acceptors (Lipinski definition) is 2. The predicted octanol–water partition coefficient (Wildman–Crippen LogP) is -2.14. The molecule has 0 radical (unpaired) electrons. The normalized spacial score (nSPS) is 21.7. The molecule has 0 amide bonds. The van der Waals surface area contributed by atoms with E-state index in [1.165, 1.54) is 12.8 Å². The van der Waals surface area contributed by atoms with E-state index in [0.29, 0.717) is 0 Å². The average molecular weight is 282 g/mol. The second-order valence-electron chi connectivity index (χ2n) is 3.63. The van der Waals surface area contributed by atoms with Crippen LogP contribution in [0.1, 0.15) is 6.42 Å². The van der Waals surface area contributed by atoms with Crippen LogP contribution < -0.4 is 24.0 Å². The molecule has 0 aromatic heterocycles. The van der Waals surface area contributed by atoms with Crippen LogP contribution in [0.25, 0.3) is 0 Å². The van der Waals surface area contributed by atoms with Gasteiger partial charge < -0.3 is 33.7 Å². The molecule has 0 aliphatic carbocycles. The lowest BCUT2D eigenvalue weighted by Gasteiger charge is -2.32. The average Bonchev–Trinajstić information content (AvgIpc) is 1.85. The van der Waals surface area contributed by atoms with E-state index in [2.05, 4.69) is 25.3 Å². The molecule has 1 aliphatic heterocycles. The summed E-state index contributed by atoms with van der Waals surface area (Å²) < 4.78 is 0.984. The van der Waals surface area contributed by atoms with Gasteiger partial charge in [-0.25, -0.2) is 0 Å². The molecule has 1 rings (SSSR count). The highest BCUT2D eigenvalue weighted by Crippen LogP contribution is 2.11. The Bertz CT molecular complexity index is 199. The lowest BCUT2D eigenvalue weighted by atomic mass is 10.1. The lowest BCUT2D eigenvalue weighted by molar-refractivity contribution is -0.886. The largest absolute Gasteiger partial charge is 1.00 e. The number of hydrogen-bond donors (Lipinski definition) is 1. The molecule has 1 N–H and O–H groups in total. The van der Waals surface area contributed by atoms with Crippen LogP contribution in [0.4, 0.5) is 0 Å². The van der Waals surface area contributed by atoms with Crippen LogP contribution in [0.3, 0.4) is 0 Å². The molecule has 1 heterocycles. The molecule has 0 unspecified atom stereocenters. The molecule has 0 aromatic carbocycles. The summed E-state index contributed by atoms with van der Waals surface area (Å²) in [5, 5.41) is 11.3. The topological polar surface area (TPSA) is 32.6 Å². The number of halogens is 1. The van der Waals surface area contributed by atoms with Crippen molar-refractivity contribution in [1.29, 1.82) is 0 Å². The van der Waals surface area contributed by atoms with Gasteiger partial charge in [-0.2, -0.15) is 0 Å². The van der Waals surface area contributed by atoms with E-state index in [4.69, 9.17) is 5.21 Å². The van der Waals surface area contributed by atoms with E-state index in [1.54, 1.807) is 0 Å². The van der Waals surface area contributed by atoms with E-state index >= 15 is 0 Å². The van der Waals surface area contributed by atoms with Gasteiger partial charge in [0.05, 0.1) is 26.9 Å². The van der Waals surface area contributed by atoms with Crippen molar-refractivity contribution in [1.82, 2.24) is 0 Å². The minimum Gasteiger partial charge on any atom is -1.00 e. The highest BCUT2D eigenvalue weighted by Gasteiger charge is 2.19. The summed E-state index contributed by atoms with van der Waals surface area (Å²) in [6.45, 7) is 2.13. The summed E-state index contributed by atoms with van der Waals surface area (Å²) in [4.78, 5) is 0. The fourth-order valence-corrected chi connectivity index (χ4v) is 1.40. The Balaban J connectivity index is 0.00000121. The Hall–Kier alpha value is -0.100. The van der Waals surface area contributed by atoms with Gasteiger partial charge in [-0.3, -0.25) is 0 Å². The van der Waals surface area contributed by atoms with Crippen molar-refractivity contribution in [2.24, 2.45) is 5.16 Å². The second-order valence-corrected chi connectivity index (χ2v) is 3.63. The summed E-state index contributed by atoms with van der Waals surface area (Å²) in [6, 6.07) is 0. The first-order valence-electron chi connectivity index (χ1n) is 3.82. The maximum absolute atomic E-state index is 8.31. The second kappa shape index (κ2) is 4.81. The minimum absolute atomic E-state index is 0. The SMILES string of the molecule is C[N+]1(C)CCC=C(C=NO)C1.[I-]. The number of oxime groups is 1. The molecule has 0 fully saturated rings. The van der Waals surface area contributed by atoms with E-state index in [9.17, 15) is 0 Å². The van der Waals surface area contributed by atoms with Crippen molar-refractivity contribution in [3.63, 3.8) is 0 Å². The molecular formula is C8H15IN2O.